The van der Waals surface area contributed by atoms with Crippen molar-refractivity contribution in [1.82, 2.24) is 5.32 Å². The zero-order valence-electron chi connectivity index (χ0n) is 8.26. The minimum atomic E-state index is 0.798. The highest BCUT2D eigenvalue weighted by molar-refractivity contribution is 9.11. The van der Waals surface area contributed by atoms with Gasteiger partial charge in [-0.05, 0) is 34.1 Å². The van der Waals surface area contributed by atoms with Gasteiger partial charge in [0, 0.05) is 16.4 Å². The predicted octanol–water partition coefficient (Wildman–Crippen LogP) is 3.31. The Morgan fingerprint density at radius 3 is 2.88 bits per heavy atom. The number of nitrogens with zero attached hydrogens (tertiary/aromatic N) is 1. The fraction of sp³-hybridized carbons (Fsp3) is 0.182. The molecule has 0 fully saturated rings. The Balaban J connectivity index is 2.19. The predicted molar refractivity (Wildman–Crippen MR) is 71.0 cm³/mol. The Hall–Kier alpha value is -0.810. The second-order valence-corrected chi connectivity index (χ2v) is 5.34. The van der Waals surface area contributed by atoms with E-state index in [2.05, 4.69) is 42.2 Å². The van der Waals surface area contributed by atoms with Gasteiger partial charge in [-0.3, -0.25) is 4.99 Å². The molecule has 0 amide bonds. The van der Waals surface area contributed by atoms with Crippen molar-refractivity contribution in [2.45, 2.75) is 0 Å². The van der Waals surface area contributed by atoms with Crippen LogP contribution < -0.4 is 5.32 Å². The third kappa shape index (κ3) is 1.68. The van der Waals surface area contributed by atoms with Crippen LogP contribution in [0.5, 0.6) is 0 Å². The van der Waals surface area contributed by atoms with E-state index in [0.29, 0.717) is 0 Å². The molecule has 1 N–H and O–H groups in total. The lowest BCUT2D eigenvalue weighted by molar-refractivity contribution is 0.600. The summed E-state index contributed by atoms with van der Waals surface area (Å²) in [5.74, 6) is 1.64. The highest BCUT2D eigenvalue weighted by Crippen LogP contribution is 2.31. The first kappa shape index (κ1) is 10.4. The summed E-state index contributed by atoms with van der Waals surface area (Å²) in [7, 11) is 0. The minimum absolute atomic E-state index is 0.798. The van der Waals surface area contributed by atoms with Crippen LogP contribution in [0.4, 0.5) is 0 Å². The van der Waals surface area contributed by atoms with Crippen molar-refractivity contribution < 1.29 is 4.42 Å². The van der Waals surface area contributed by atoms with Crippen molar-refractivity contribution >= 4 is 48.7 Å². The molecule has 0 saturated carbocycles. The molecule has 0 unspecified atom stereocenters. The summed E-state index contributed by atoms with van der Waals surface area (Å²) in [6.45, 7) is 1.70. The molecule has 3 rings (SSSR count). The first-order valence-corrected chi connectivity index (χ1v) is 6.50. The molecule has 1 aromatic heterocycles. The van der Waals surface area contributed by atoms with Gasteiger partial charge in [0.25, 0.3) is 0 Å². The van der Waals surface area contributed by atoms with E-state index in [1.807, 2.05) is 18.2 Å². The molecule has 0 bridgehead atoms. The smallest absolute Gasteiger partial charge is 0.170 e. The maximum Gasteiger partial charge on any atom is 0.170 e. The molecule has 0 atom stereocenters. The maximum atomic E-state index is 5.78. The van der Waals surface area contributed by atoms with Crippen LogP contribution in [0, 0.1) is 0 Å². The average molecular weight is 344 g/mol. The molecule has 1 aromatic carbocycles. The van der Waals surface area contributed by atoms with Gasteiger partial charge >= 0.3 is 0 Å². The molecule has 1 aliphatic heterocycles. The summed E-state index contributed by atoms with van der Waals surface area (Å²) in [5, 5.41) is 4.26. The van der Waals surface area contributed by atoms with Gasteiger partial charge in [0.1, 0.15) is 5.58 Å². The third-order valence-corrected chi connectivity index (χ3v) is 3.49. The number of rotatable bonds is 1. The van der Waals surface area contributed by atoms with Crippen LogP contribution in [0.3, 0.4) is 0 Å². The SMILES string of the molecule is Brc1cc(Br)c2oc(C3=NCCN3)cc2c1. The highest BCUT2D eigenvalue weighted by Gasteiger charge is 2.14. The Kier molecular flexibility index (Phi) is 2.52. The summed E-state index contributed by atoms with van der Waals surface area (Å²) in [6.07, 6.45) is 0. The second-order valence-electron chi connectivity index (χ2n) is 3.57. The first-order valence-electron chi connectivity index (χ1n) is 4.91. The van der Waals surface area contributed by atoms with Gasteiger partial charge in [-0.25, -0.2) is 0 Å². The van der Waals surface area contributed by atoms with E-state index in [4.69, 9.17) is 4.42 Å². The van der Waals surface area contributed by atoms with Crippen molar-refractivity contribution in [3.63, 3.8) is 0 Å². The molecular weight excluding hydrogens is 336 g/mol. The van der Waals surface area contributed by atoms with Crippen LogP contribution in [0.25, 0.3) is 11.0 Å². The Morgan fingerprint density at radius 1 is 1.25 bits per heavy atom. The van der Waals surface area contributed by atoms with Gasteiger partial charge in [0.05, 0.1) is 11.0 Å². The van der Waals surface area contributed by atoms with Crippen molar-refractivity contribution in [1.29, 1.82) is 0 Å². The molecule has 1 aliphatic rings. The molecule has 82 valence electrons. The topological polar surface area (TPSA) is 37.5 Å². The van der Waals surface area contributed by atoms with Gasteiger partial charge in [0.15, 0.2) is 11.6 Å². The lowest BCUT2D eigenvalue weighted by Crippen LogP contribution is -2.18. The van der Waals surface area contributed by atoms with Crippen LogP contribution in [0.2, 0.25) is 0 Å². The van der Waals surface area contributed by atoms with Crippen molar-refractivity contribution in [2.75, 3.05) is 13.1 Å². The van der Waals surface area contributed by atoms with Gasteiger partial charge in [-0.2, -0.15) is 0 Å². The molecule has 0 radical (unpaired) electrons. The Morgan fingerprint density at radius 2 is 2.12 bits per heavy atom. The second kappa shape index (κ2) is 3.89. The summed E-state index contributed by atoms with van der Waals surface area (Å²) >= 11 is 6.94. The summed E-state index contributed by atoms with van der Waals surface area (Å²) < 4.78 is 7.75. The Labute approximate surface area is 109 Å². The molecule has 16 heavy (non-hydrogen) atoms. The molecule has 3 nitrogen and oxygen atoms in total. The van der Waals surface area contributed by atoms with E-state index in [-0.39, 0.29) is 0 Å². The summed E-state index contributed by atoms with van der Waals surface area (Å²) in [6, 6.07) is 6.00. The zero-order valence-corrected chi connectivity index (χ0v) is 11.4. The monoisotopic (exact) mass is 342 g/mol. The lowest BCUT2D eigenvalue weighted by atomic mass is 10.2. The Bertz CT molecular complexity index is 589. The van der Waals surface area contributed by atoms with Crippen LogP contribution in [-0.2, 0) is 0 Å². The number of hydrogen-bond donors (Lipinski definition) is 1. The van der Waals surface area contributed by atoms with Crippen LogP contribution >= 0.6 is 31.9 Å². The molecule has 0 aliphatic carbocycles. The van der Waals surface area contributed by atoms with Crippen molar-refractivity contribution in [3.8, 4) is 0 Å². The number of aliphatic imine (C=N–C) groups is 1. The first-order chi connectivity index (χ1) is 7.74. The number of nitrogens with one attached hydrogen (secondary N) is 1. The van der Waals surface area contributed by atoms with Gasteiger partial charge in [0.2, 0.25) is 0 Å². The largest absolute Gasteiger partial charge is 0.452 e. The molecule has 2 aromatic rings. The fourth-order valence-corrected chi connectivity index (χ4v) is 3.09. The van der Waals surface area contributed by atoms with Crippen molar-refractivity contribution in [2.24, 2.45) is 4.99 Å². The molecular formula is C11H8Br2N2O. The van der Waals surface area contributed by atoms with E-state index < -0.39 is 0 Å². The van der Waals surface area contributed by atoms with Gasteiger partial charge in [-0.1, -0.05) is 15.9 Å². The van der Waals surface area contributed by atoms with Gasteiger partial charge < -0.3 is 9.73 Å². The van der Waals surface area contributed by atoms with Crippen LogP contribution in [-0.4, -0.2) is 18.9 Å². The standard InChI is InChI=1S/C11H8Br2N2O/c12-7-3-6-4-9(11-14-1-2-15-11)16-10(6)8(13)5-7/h3-5H,1-2H2,(H,14,15). The highest BCUT2D eigenvalue weighted by atomic mass is 79.9. The number of furan rings is 1. The summed E-state index contributed by atoms with van der Waals surface area (Å²) in [5.41, 5.74) is 0.856. The zero-order chi connectivity index (χ0) is 11.1. The van der Waals surface area contributed by atoms with E-state index >= 15 is 0 Å². The summed E-state index contributed by atoms with van der Waals surface area (Å²) in [4.78, 5) is 4.34. The number of hydrogen-bond acceptors (Lipinski definition) is 3. The van der Waals surface area contributed by atoms with E-state index in [1.165, 1.54) is 0 Å². The lowest BCUT2D eigenvalue weighted by Gasteiger charge is -1.95. The maximum absolute atomic E-state index is 5.78. The van der Waals surface area contributed by atoms with Crippen molar-refractivity contribution in [3.05, 3.63) is 32.9 Å². The van der Waals surface area contributed by atoms with Crippen LogP contribution in [0.15, 0.2) is 36.6 Å². The van der Waals surface area contributed by atoms with E-state index in [1.54, 1.807) is 0 Å². The normalized spacial score (nSPS) is 15.2. The number of fused-ring (bicyclic) bond motifs is 1. The fourth-order valence-electron chi connectivity index (χ4n) is 1.76. The third-order valence-electron chi connectivity index (χ3n) is 2.44. The van der Waals surface area contributed by atoms with E-state index in [0.717, 1.165) is 44.6 Å². The molecule has 0 spiro atoms. The molecule has 5 heteroatoms. The quantitative estimate of drug-likeness (QED) is 0.862. The number of amidine groups is 1. The molecule has 2 heterocycles. The average Bonchev–Trinajstić information content (AvgIpc) is 2.82. The number of halogens is 2. The molecule has 0 saturated heterocycles. The van der Waals surface area contributed by atoms with Gasteiger partial charge in [-0.15, -0.1) is 0 Å². The number of benzene rings is 1. The minimum Gasteiger partial charge on any atom is -0.452 e. The van der Waals surface area contributed by atoms with E-state index in [9.17, 15) is 0 Å². The van der Waals surface area contributed by atoms with Crippen LogP contribution in [0.1, 0.15) is 5.76 Å².